The van der Waals surface area contributed by atoms with E-state index in [0.717, 1.165) is 0 Å². The minimum atomic E-state index is -4.62. The SMILES string of the molecule is CCOc1ccc(NC(=O)c2cc3ccccc3c(N=Nc3ccc(Cl)c(S(=O)(=O)O)c3C)c2O)cc1Cl. The number of benzene rings is 4. The molecule has 4 aromatic carbocycles. The summed E-state index contributed by atoms with van der Waals surface area (Å²) in [6, 6.07) is 15.9. The number of phenolic OH excluding ortho intramolecular Hbond substituents is 1. The first-order valence-electron chi connectivity index (χ1n) is 11.2. The number of azo groups is 1. The first-order chi connectivity index (χ1) is 18.0. The number of aromatic hydroxyl groups is 1. The Morgan fingerprint density at radius 1 is 1.03 bits per heavy atom. The van der Waals surface area contributed by atoms with E-state index in [1.165, 1.54) is 31.2 Å². The van der Waals surface area contributed by atoms with Crippen molar-refractivity contribution in [1.82, 2.24) is 0 Å². The molecule has 0 saturated carbocycles. The molecule has 0 heterocycles. The Morgan fingerprint density at radius 3 is 2.45 bits per heavy atom. The van der Waals surface area contributed by atoms with Gasteiger partial charge < -0.3 is 15.2 Å². The highest BCUT2D eigenvalue weighted by Crippen LogP contribution is 2.41. The standard InChI is InChI=1S/C26H21Cl2N3O6S/c1-3-37-22-11-8-16(13-20(22)28)29-26(33)18-12-15-6-4-5-7-17(15)23(24(18)32)31-30-21-10-9-19(27)25(14(21)2)38(34,35)36/h4-13,32H,3H2,1-2H3,(H,29,33)(H,34,35,36). The second kappa shape index (κ2) is 11.0. The van der Waals surface area contributed by atoms with Crippen molar-refractivity contribution in [2.45, 2.75) is 18.7 Å². The van der Waals surface area contributed by atoms with Crippen LogP contribution in [0.2, 0.25) is 10.0 Å². The zero-order valence-corrected chi connectivity index (χ0v) is 22.4. The zero-order valence-electron chi connectivity index (χ0n) is 20.1. The van der Waals surface area contributed by atoms with E-state index in [9.17, 15) is 22.9 Å². The fourth-order valence-corrected chi connectivity index (χ4v) is 5.36. The van der Waals surface area contributed by atoms with Crippen LogP contribution in [0.1, 0.15) is 22.8 Å². The number of nitrogens with one attached hydrogen (secondary N) is 1. The lowest BCUT2D eigenvalue weighted by atomic mass is 10.0. The van der Waals surface area contributed by atoms with Gasteiger partial charge in [0.25, 0.3) is 16.0 Å². The lowest BCUT2D eigenvalue weighted by Gasteiger charge is -2.12. The van der Waals surface area contributed by atoms with Crippen LogP contribution in [0.25, 0.3) is 10.8 Å². The predicted molar refractivity (Wildman–Crippen MR) is 146 cm³/mol. The quantitative estimate of drug-likeness (QED) is 0.155. The van der Waals surface area contributed by atoms with Gasteiger partial charge in [-0.3, -0.25) is 9.35 Å². The van der Waals surface area contributed by atoms with Crippen molar-refractivity contribution in [3.8, 4) is 11.5 Å². The summed E-state index contributed by atoms with van der Waals surface area (Å²) < 4.78 is 38.5. The van der Waals surface area contributed by atoms with Gasteiger partial charge in [-0.15, -0.1) is 5.11 Å². The molecule has 0 bridgehead atoms. The highest BCUT2D eigenvalue weighted by atomic mass is 35.5. The van der Waals surface area contributed by atoms with E-state index in [1.54, 1.807) is 36.4 Å². The van der Waals surface area contributed by atoms with E-state index in [2.05, 4.69) is 15.5 Å². The minimum Gasteiger partial charge on any atom is -0.505 e. The van der Waals surface area contributed by atoms with Gasteiger partial charge in [0, 0.05) is 11.1 Å². The van der Waals surface area contributed by atoms with Gasteiger partial charge in [-0.05, 0) is 61.2 Å². The van der Waals surface area contributed by atoms with Gasteiger partial charge in [-0.1, -0.05) is 47.5 Å². The van der Waals surface area contributed by atoms with Gasteiger partial charge in [0.2, 0.25) is 0 Å². The number of rotatable bonds is 7. The fraction of sp³-hybridized carbons (Fsp3) is 0.115. The molecule has 0 radical (unpaired) electrons. The summed E-state index contributed by atoms with van der Waals surface area (Å²) in [5.41, 5.74) is 0.446. The molecule has 38 heavy (non-hydrogen) atoms. The summed E-state index contributed by atoms with van der Waals surface area (Å²) in [6.07, 6.45) is 0. The number of anilines is 1. The Hall–Kier alpha value is -3.70. The topological polar surface area (TPSA) is 138 Å². The molecule has 0 unspecified atom stereocenters. The Kier molecular flexibility index (Phi) is 7.89. The van der Waals surface area contributed by atoms with Gasteiger partial charge in [-0.25, -0.2) is 0 Å². The van der Waals surface area contributed by atoms with Crippen LogP contribution in [0.15, 0.2) is 75.8 Å². The second-order valence-electron chi connectivity index (χ2n) is 8.07. The van der Waals surface area contributed by atoms with Crippen LogP contribution >= 0.6 is 23.2 Å². The molecule has 1 amide bonds. The van der Waals surface area contributed by atoms with Crippen LogP contribution in [-0.4, -0.2) is 30.6 Å². The summed E-state index contributed by atoms with van der Waals surface area (Å²) >= 11 is 12.2. The molecule has 0 atom stereocenters. The van der Waals surface area contributed by atoms with Crippen molar-refractivity contribution in [2.24, 2.45) is 10.2 Å². The first kappa shape index (κ1) is 27.3. The van der Waals surface area contributed by atoms with E-state index in [1.807, 2.05) is 6.92 Å². The molecule has 0 fully saturated rings. The molecule has 4 aromatic rings. The Bertz CT molecular complexity index is 1710. The third-order valence-corrected chi connectivity index (χ3v) is 7.34. The number of carbonyl (C=O) groups excluding carboxylic acids is 1. The molecule has 12 heteroatoms. The number of phenols is 1. The lowest BCUT2D eigenvalue weighted by Crippen LogP contribution is -2.12. The Labute approximate surface area is 228 Å². The second-order valence-corrected chi connectivity index (χ2v) is 10.2. The zero-order chi connectivity index (χ0) is 27.6. The van der Waals surface area contributed by atoms with Gasteiger partial charge in [0.15, 0.2) is 5.75 Å². The maximum absolute atomic E-state index is 13.1. The molecule has 3 N–H and O–H groups in total. The van der Waals surface area contributed by atoms with Crippen LogP contribution in [-0.2, 0) is 10.1 Å². The smallest absolute Gasteiger partial charge is 0.296 e. The van der Waals surface area contributed by atoms with E-state index in [4.69, 9.17) is 27.9 Å². The number of nitrogens with zero attached hydrogens (tertiary/aromatic N) is 2. The van der Waals surface area contributed by atoms with Crippen molar-refractivity contribution in [3.05, 3.63) is 81.8 Å². The van der Waals surface area contributed by atoms with Crippen LogP contribution in [0.3, 0.4) is 0 Å². The maximum atomic E-state index is 13.1. The number of amides is 1. The van der Waals surface area contributed by atoms with E-state index >= 15 is 0 Å². The molecule has 0 aliphatic carbocycles. The van der Waals surface area contributed by atoms with Crippen LogP contribution in [0.5, 0.6) is 11.5 Å². The molecular formula is C26H21Cl2N3O6S. The molecule has 0 spiro atoms. The molecule has 0 saturated heterocycles. The minimum absolute atomic E-state index is 0.0132. The highest BCUT2D eigenvalue weighted by molar-refractivity contribution is 7.86. The van der Waals surface area contributed by atoms with Crippen molar-refractivity contribution in [3.63, 3.8) is 0 Å². The van der Waals surface area contributed by atoms with Crippen LogP contribution in [0, 0.1) is 6.92 Å². The molecule has 0 aliphatic heterocycles. The number of fused-ring (bicyclic) bond motifs is 1. The van der Waals surface area contributed by atoms with Crippen LogP contribution in [0.4, 0.5) is 17.1 Å². The molecule has 196 valence electrons. The third kappa shape index (κ3) is 5.58. The molecule has 0 aliphatic rings. The number of halogens is 2. The van der Waals surface area contributed by atoms with Crippen molar-refractivity contribution < 1.29 is 27.6 Å². The third-order valence-electron chi connectivity index (χ3n) is 5.57. The number of hydrogen-bond donors (Lipinski definition) is 3. The number of ether oxygens (including phenoxy) is 1. The van der Waals surface area contributed by atoms with E-state index in [0.29, 0.717) is 33.8 Å². The highest BCUT2D eigenvalue weighted by Gasteiger charge is 2.21. The summed E-state index contributed by atoms with van der Waals surface area (Å²) in [5.74, 6) is -0.595. The average molecular weight is 574 g/mol. The first-order valence-corrected chi connectivity index (χ1v) is 13.4. The van der Waals surface area contributed by atoms with E-state index in [-0.39, 0.29) is 27.5 Å². The summed E-state index contributed by atoms with van der Waals surface area (Å²) in [4.78, 5) is 12.7. The van der Waals surface area contributed by atoms with Gasteiger partial charge in [0.05, 0.1) is 27.9 Å². The maximum Gasteiger partial charge on any atom is 0.296 e. The molecule has 0 aromatic heterocycles. The molecule has 4 rings (SSSR count). The molecule has 9 nitrogen and oxygen atoms in total. The van der Waals surface area contributed by atoms with Crippen molar-refractivity contribution in [2.75, 3.05) is 11.9 Å². The number of carbonyl (C=O) groups is 1. The molecular weight excluding hydrogens is 553 g/mol. The van der Waals surface area contributed by atoms with E-state index < -0.39 is 26.7 Å². The summed E-state index contributed by atoms with van der Waals surface area (Å²) in [7, 11) is -4.62. The largest absolute Gasteiger partial charge is 0.505 e. The van der Waals surface area contributed by atoms with Gasteiger partial charge >= 0.3 is 0 Å². The average Bonchev–Trinajstić information content (AvgIpc) is 2.85. The van der Waals surface area contributed by atoms with Crippen molar-refractivity contribution in [1.29, 1.82) is 0 Å². The van der Waals surface area contributed by atoms with Crippen molar-refractivity contribution >= 4 is 67.1 Å². The van der Waals surface area contributed by atoms with Crippen LogP contribution < -0.4 is 10.1 Å². The fourth-order valence-electron chi connectivity index (χ4n) is 3.82. The predicted octanol–water partition coefficient (Wildman–Crippen LogP) is 7.47. The normalized spacial score (nSPS) is 11.7. The lowest BCUT2D eigenvalue weighted by molar-refractivity contribution is 0.102. The number of hydrogen-bond acceptors (Lipinski definition) is 7. The Balaban J connectivity index is 1.77. The summed E-state index contributed by atoms with van der Waals surface area (Å²) in [5, 5.41) is 23.2. The van der Waals surface area contributed by atoms with Gasteiger partial charge in [0.1, 0.15) is 16.3 Å². The summed E-state index contributed by atoms with van der Waals surface area (Å²) in [6.45, 7) is 3.67. The van der Waals surface area contributed by atoms with Gasteiger partial charge in [-0.2, -0.15) is 13.5 Å². The monoisotopic (exact) mass is 573 g/mol. The Morgan fingerprint density at radius 2 is 1.76 bits per heavy atom.